The predicted molar refractivity (Wildman–Crippen MR) is 121 cm³/mol. The predicted octanol–water partition coefficient (Wildman–Crippen LogP) is 2.78. The molecule has 0 radical (unpaired) electrons. The Balaban J connectivity index is 1.42. The lowest BCUT2D eigenvalue weighted by molar-refractivity contribution is -0.0448. The van der Waals surface area contributed by atoms with Gasteiger partial charge in [-0.25, -0.2) is 13.2 Å². The molecule has 1 unspecified atom stereocenters. The quantitative estimate of drug-likeness (QED) is 0.585. The van der Waals surface area contributed by atoms with Gasteiger partial charge in [-0.05, 0) is 36.4 Å². The number of amides is 1. The van der Waals surface area contributed by atoms with Gasteiger partial charge in [-0.15, -0.1) is 0 Å². The Kier molecular flexibility index (Phi) is 8.55. The maximum atomic E-state index is 14.1. The van der Waals surface area contributed by atoms with Crippen LogP contribution in [0.25, 0.3) is 0 Å². The second-order valence-electron chi connectivity index (χ2n) is 8.64. The van der Waals surface area contributed by atoms with Crippen molar-refractivity contribution in [3.8, 4) is 0 Å². The summed E-state index contributed by atoms with van der Waals surface area (Å²) in [5.41, 5.74) is 0.444. The zero-order valence-electron chi connectivity index (χ0n) is 19.1. The monoisotopic (exact) mass is 477 g/mol. The highest BCUT2D eigenvalue weighted by molar-refractivity contribution is 5.94. The van der Waals surface area contributed by atoms with Crippen LogP contribution in [0, 0.1) is 17.5 Å². The molecule has 34 heavy (non-hydrogen) atoms. The molecule has 2 fully saturated rings. The van der Waals surface area contributed by atoms with Gasteiger partial charge < -0.3 is 14.4 Å². The van der Waals surface area contributed by atoms with E-state index >= 15 is 0 Å². The Morgan fingerprint density at radius 2 is 1.62 bits per heavy atom. The summed E-state index contributed by atoms with van der Waals surface area (Å²) in [6.45, 7) is 5.98. The van der Waals surface area contributed by atoms with E-state index in [-0.39, 0.29) is 24.1 Å². The van der Waals surface area contributed by atoms with Gasteiger partial charge in [-0.3, -0.25) is 14.6 Å². The SMILES string of the molecule is O=C(c1ccc(F)cc1)N(CCN1CCOCC1)CC1CN(Cc2c(F)cccc2F)CCO1. The molecular formula is C25H30F3N3O3. The summed E-state index contributed by atoms with van der Waals surface area (Å²) in [5.74, 6) is -1.74. The van der Waals surface area contributed by atoms with E-state index in [1.54, 1.807) is 4.90 Å². The molecule has 0 aliphatic carbocycles. The molecule has 0 spiro atoms. The summed E-state index contributed by atoms with van der Waals surface area (Å²) in [6.07, 6.45) is -0.308. The lowest BCUT2D eigenvalue weighted by Crippen LogP contribution is -2.50. The van der Waals surface area contributed by atoms with Gasteiger partial charge in [0.15, 0.2) is 0 Å². The molecule has 9 heteroatoms. The molecule has 0 N–H and O–H groups in total. The number of carbonyl (C=O) groups excluding carboxylic acids is 1. The minimum atomic E-state index is -0.568. The Labute approximate surface area is 197 Å². The fourth-order valence-corrected chi connectivity index (χ4v) is 4.32. The second-order valence-corrected chi connectivity index (χ2v) is 8.64. The van der Waals surface area contributed by atoms with Crippen LogP contribution in [0.2, 0.25) is 0 Å². The van der Waals surface area contributed by atoms with Gasteiger partial charge in [0.2, 0.25) is 0 Å². The minimum Gasteiger partial charge on any atom is -0.379 e. The fourth-order valence-electron chi connectivity index (χ4n) is 4.32. The number of halogens is 3. The molecule has 0 saturated carbocycles. The highest BCUT2D eigenvalue weighted by atomic mass is 19.1. The van der Waals surface area contributed by atoms with Crippen LogP contribution in [0.3, 0.4) is 0 Å². The van der Waals surface area contributed by atoms with Crippen molar-refractivity contribution >= 4 is 5.91 Å². The summed E-state index contributed by atoms with van der Waals surface area (Å²) in [4.78, 5) is 19.2. The molecule has 0 aromatic heterocycles. The van der Waals surface area contributed by atoms with E-state index in [0.717, 1.165) is 13.1 Å². The first-order valence-electron chi connectivity index (χ1n) is 11.6. The molecule has 1 amide bonds. The van der Waals surface area contributed by atoms with Gasteiger partial charge in [-0.2, -0.15) is 0 Å². The summed E-state index contributed by atoms with van der Waals surface area (Å²) in [5, 5.41) is 0. The van der Waals surface area contributed by atoms with Crippen molar-refractivity contribution in [1.29, 1.82) is 0 Å². The third kappa shape index (κ3) is 6.56. The molecular weight excluding hydrogens is 447 g/mol. The van der Waals surface area contributed by atoms with Gasteiger partial charge in [0, 0.05) is 63.5 Å². The van der Waals surface area contributed by atoms with Crippen LogP contribution in [-0.4, -0.2) is 92.3 Å². The fraction of sp³-hybridized carbons (Fsp3) is 0.480. The lowest BCUT2D eigenvalue weighted by Gasteiger charge is -2.37. The second kappa shape index (κ2) is 11.8. The van der Waals surface area contributed by atoms with E-state index in [4.69, 9.17) is 9.47 Å². The number of nitrogens with zero attached hydrogens (tertiary/aromatic N) is 3. The van der Waals surface area contributed by atoms with Gasteiger partial charge in [0.25, 0.3) is 5.91 Å². The van der Waals surface area contributed by atoms with E-state index in [1.807, 2.05) is 4.90 Å². The van der Waals surface area contributed by atoms with E-state index in [2.05, 4.69) is 4.90 Å². The van der Waals surface area contributed by atoms with Crippen molar-refractivity contribution in [1.82, 2.24) is 14.7 Å². The molecule has 1 atom stereocenters. The third-order valence-corrected chi connectivity index (χ3v) is 6.26. The van der Waals surface area contributed by atoms with E-state index < -0.39 is 17.5 Å². The normalized spacial score (nSPS) is 19.8. The smallest absolute Gasteiger partial charge is 0.253 e. The molecule has 4 rings (SSSR count). The van der Waals surface area contributed by atoms with Gasteiger partial charge >= 0.3 is 0 Å². The van der Waals surface area contributed by atoms with Gasteiger partial charge in [0.05, 0.1) is 25.9 Å². The standard InChI is InChI=1S/C25H30F3N3O3/c26-20-6-4-19(5-7-20)25(32)31(9-8-29-10-13-33-14-11-29)17-21-16-30(12-15-34-21)18-22-23(27)2-1-3-24(22)28/h1-7,21H,8-18H2. The maximum absolute atomic E-state index is 14.1. The molecule has 2 aliphatic heterocycles. The van der Waals surface area contributed by atoms with Crippen LogP contribution in [-0.2, 0) is 16.0 Å². The number of morpholine rings is 2. The Morgan fingerprint density at radius 1 is 0.941 bits per heavy atom. The largest absolute Gasteiger partial charge is 0.379 e. The van der Waals surface area contributed by atoms with Crippen molar-refractivity contribution in [3.05, 3.63) is 71.0 Å². The zero-order valence-corrected chi connectivity index (χ0v) is 19.1. The number of rotatable bonds is 8. The summed E-state index contributed by atoms with van der Waals surface area (Å²) < 4.78 is 52.9. The molecule has 2 aliphatic rings. The van der Waals surface area contributed by atoms with Crippen molar-refractivity contribution in [2.45, 2.75) is 12.6 Å². The number of benzene rings is 2. The van der Waals surface area contributed by atoms with Crippen LogP contribution in [0.4, 0.5) is 13.2 Å². The molecule has 2 aromatic carbocycles. The number of carbonyl (C=O) groups is 1. The van der Waals surface area contributed by atoms with Gasteiger partial charge in [0.1, 0.15) is 17.5 Å². The van der Waals surface area contributed by atoms with Crippen LogP contribution in [0.1, 0.15) is 15.9 Å². The Hall–Kier alpha value is -2.46. The van der Waals surface area contributed by atoms with Gasteiger partial charge in [-0.1, -0.05) is 6.07 Å². The summed E-state index contributed by atoms with van der Waals surface area (Å²) in [7, 11) is 0. The first kappa shape index (κ1) is 24.7. The van der Waals surface area contributed by atoms with Crippen LogP contribution in [0.15, 0.2) is 42.5 Å². The van der Waals surface area contributed by atoms with Crippen molar-refractivity contribution in [3.63, 3.8) is 0 Å². The van der Waals surface area contributed by atoms with Crippen LogP contribution < -0.4 is 0 Å². The Morgan fingerprint density at radius 3 is 2.32 bits per heavy atom. The van der Waals surface area contributed by atoms with E-state index in [0.29, 0.717) is 58.1 Å². The number of hydrogen-bond acceptors (Lipinski definition) is 5. The van der Waals surface area contributed by atoms with Crippen molar-refractivity contribution in [2.24, 2.45) is 0 Å². The molecule has 6 nitrogen and oxygen atoms in total. The molecule has 184 valence electrons. The first-order chi connectivity index (χ1) is 16.5. The summed E-state index contributed by atoms with van der Waals surface area (Å²) >= 11 is 0. The van der Waals surface area contributed by atoms with Crippen LogP contribution >= 0.6 is 0 Å². The Bertz CT molecular complexity index is 934. The highest BCUT2D eigenvalue weighted by Crippen LogP contribution is 2.18. The molecule has 2 aromatic rings. The highest BCUT2D eigenvalue weighted by Gasteiger charge is 2.27. The molecule has 2 heterocycles. The van der Waals surface area contributed by atoms with E-state index in [1.165, 1.54) is 42.5 Å². The molecule has 0 bridgehead atoms. The lowest BCUT2D eigenvalue weighted by atomic mass is 10.1. The van der Waals surface area contributed by atoms with Crippen molar-refractivity contribution in [2.75, 3.05) is 65.6 Å². The average Bonchev–Trinajstić information content (AvgIpc) is 2.85. The number of ether oxygens (including phenoxy) is 2. The average molecular weight is 478 g/mol. The first-order valence-corrected chi connectivity index (χ1v) is 11.6. The number of hydrogen-bond donors (Lipinski definition) is 0. The minimum absolute atomic E-state index is 0.0368. The topological polar surface area (TPSA) is 45.2 Å². The third-order valence-electron chi connectivity index (χ3n) is 6.26. The van der Waals surface area contributed by atoms with Crippen molar-refractivity contribution < 1.29 is 27.4 Å². The maximum Gasteiger partial charge on any atom is 0.253 e. The zero-order chi connectivity index (χ0) is 23.9. The summed E-state index contributed by atoms with van der Waals surface area (Å²) in [6, 6.07) is 9.37. The van der Waals surface area contributed by atoms with E-state index in [9.17, 15) is 18.0 Å². The molecule has 2 saturated heterocycles. The van der Waals surface area contributed by atoms with Crippen LogP contribution in [0.5, 0.6) is 0 Å².